The molecule has 0 spiro atoms. The standard InChI is InChI=1S/C63H58N10O4/c1-68-52-18-9-5-14-48(52)64-60(68)44-26-22-40(32-56(44)74)36-72(37-41-23-27-45(57(75)33-41)61-65-49-15-6-10-19-53(49)69(61)2)30-13-31-73(38-42-24-28-46(58(76)34-42)62-66-50-16-7-11-20-54(50)70(62)3)39-43-25-29-47(59(77)35-43)63-67-51-17-8-12-21-55(51)71(63)4/h5-12,14-29,32-35H,13,30-31,36-39H2,1-4H3,(H4,64,65,66,67,74,75,76,77)/p+1. The molecule has 8 aromatic carbocycles. The number of aryl methyl sites for hydroxylation is 4. The summed E-state index contributed by atoms with van der Waals surface area (Å²) in [6.45, 7) is 3.40. The molecule has 0 aliphatic rings. The molecule has 12 rings (SSSR count). The summed E-state index contributed by atoms with van der Waals surface area (Å²) < 4.78 is 8.07. The van der Waals surface area contributed by atoms with Crippen molar-refractivity contribution >= 4 is 44.1 Å². The smallest absolute Gasteiger partial charge is 0.291 e. The van der Waals surface area contributed by atoms with Crippen molar-refractivity contribution in [3.63, 3.8) is 0 Å². The molecule has 4 heterocycles. The van der Waals surface area contributed by atoms with Gasteiger partial charge < -0.3 is 34.1 Å². The van der Waals surface area contributed by atoms with Gasteiger partial charge in [-0.1, -0.05) is 72.8 Å². The monoisotopic (exact) mass is 1020 g/mol. The number of benzene rings is 8. The number of phenolic OH excluding ortho intramolecular Hbond substituents is 4. The van der Waals surface area contributed by atoms with Gasteiger partial charge in [-0.2, -0.15) is 0 Å². The number of para-hydroxylation sites is 8. The molecule has 0 atom stereocenters. The maximum atomic E-state index is 11.6. The molecule has 77 heavy (non-hydrogen) atoms. The average Bonchev–Trinajstić information content (AvgIpc) is 4.23. The lowest BCUT2D eigenvalue weighted by Crippen LogP contribution is -2.30. The second kappa shape index (κ2) is 20.1. The van der Waals surface area contributed by atoms with Crippen LogP contribution >= 0.6 is 0 Å². The molecular formula is C63H59N10O4+. The van der Waals surface area contributed by atoms with Crippen molar-refractivity contribution in [1.29, 1.82) is 0 Å². The molecular weight excluding hydrogens is 961 g/mol. The lowest BCUT2D eigenvalue weighted by molar-refractivity contribution is -0.633. The number of phenols is 4. The Labute approximate surface area is 445 Å². The van der Waals surface area contributed by atoms with Crippen LogP contribution in [-0.4, -0.2) is 77.0 Å². The molecule has 0 bridgehead atoms. The number of H-pyrrole nitrogens is 1. The number of nitrogens with zero attached hydrogens (tertiary/aromatic N) is 9. The summed E-state index contributed by atoms with van der Waals surface area (Å²) in [7, 11) is 7.88. The van der Waals surface area contributed by atoms with Crippen molar-refractivity contribution in [3.8, 4) is 68.5 Å². The zero-order valence-electron chi connectivity index (χ0n) is 43.4. The Balaban J connectivity index is 0.838. The fourth-order valence-corrected chi connectivity index (χ4v) is 11.1. The third kappa shape index (κ3) is 9.38. The molecule has 0 saturated carbocycles. The Hall–Kier alpha value is -9.24. The van der Waals surface area contributed by atoms with E-state index in [2.05, 4.69) is 49.7 Å². The van der Waals surface area contributed by atoms with Gasteiger partial charge in [0.25, 0.3) is 5.82 Å². The van der Waals surface area contributed by atoms with Gasteiger partial charge in [0.1, 0.15) is 46.0 Å². The summed E-state index contributed by atoms with van der Waals surface area (Å²) >= 11 is 0. The van der Waals surface area contributed by atoms with Crippen LogP contribution < -0.4 is 4.57 Å². The third-order valence-corrected chi connectivity index (χ3v) is 15.0. The van der Waals surface area contributed by atoms with Crippen LogP contribution in [0.5, 0.6) is 23.0 Å². The predicted molar refractivity (Wildman–Crippen MR) is 303 cm³/mol. The molecule has 12 aromatic rings. The van der Waals surface area contributed by atoms with E-state index in [9.17, 15) is 20.4 Å². The first-order valence-corrected chi connectivity index (χ1v) is 25.9. The number of fused-ring (bicyclic) bond motifs is 4. The maximum absolute atomic E-state index is 11.6. The largest absolute Gasteiger partial charge is 0.507 e. The van der Waals surface area contributed by atoms with Crippen LogP contribution in [0.2, 0.25) is 0 Å². The topological polar surface area (TPSA) is 161 Å². The van der Waals surface area contributed by atoms with E-state index in [-0.39, 0.29) is 23.0 Å². The Bertz CT molecular complexity index is 3660. The Kier molecular flexibility index (Phi) is 12.7. The quantitative estimate of drug-likeness (QED) is 0.0594. The van der Waals surface area contributed by atoms with E-state index in [0.717, 1.165) is 78.6 Å². The first kappa shape index (κ1) is 48.7. The van der Waals surface area contributed by atoms with Crippen LogP contribution in [0.15, 0.2) is 170 Å². The van der Waals surface area contributed by atoms with E-state index in [0.29, 0.717) is 79.0 Å². The van der Waals surface area contributed by atoms with Crippen molar-refractivity contribution in [2.75, 3.05) is 13.1 Å². The van der Waals surface area contributed by atoms with Crippen molar-refractivity contribution in [3.05, 3.63) is 192 Å². The van der Waals surface area contributed by atoms with Gasteiger partial charge in [0.2, 0.25) is 0 Å². The van der Waals surface area contributed by atoms with Gasteiger partial charge >= 0.3 is 0 Å². The number of imidazole rings is 4. The van der Waals surface area contributed by atoms with E-state index in [1.54, 1.807) is 0 Å². The molecule has 14 nitrogen and oxygen atoms in total. The summed E-state index contributed by atoms with van der Waals surface area (Å²) in [6.07, 6.45) is 0.743. The van der Waals surface area contributed by atoms with Crippen molar-refractivity contribution in [2.24, 2.45) is 28.2 Å². The number of aromatic hydroxyl groups is 4. The fourth-order valence-electron chi connectivity index (χ4n) is 11.1. The van der Waals surface area contributed by atoms with Gasteiger partial charge in [0.15, 0.2) is 11.0 Å². The second-order valence-corrected chi connectivity index (χ2v) is 20.2. The van der Waals surface area contributed by atoms with E-state index >= 15 is 0 Å². The van der Waals surface area contributed by atoms with Crippen LogP contribution in [0, 0.1) is 0 Å². The van der Waals surface area contributed by atoms with Crippen LogP contribution in [0.25, 0.3) is 89.7 Å². The number of hydrogen-bond acceptors (Lipinski definition) is 9. The summed E-state index contributed by atoms with van der Waals surface area (Å²) in [4.78, 5) is 22.7. The number of rotatable bonds is 16. The van der Waals surface area contributed by atoms with E-state index in [1.807, 2.05) is 181 Å². The Morgan fingerprint density at radius 3 is 1.12 bits per heavy atom. The highest BCUT2D eigenvalue weighted by Gasteiger charge is 2.23. The van der Waals surface area contributed by atoms with Gasteiger partial charge in [-0.25, -0.2) is 24.5 Å². The normalized spacial score (nSPS) is 11.9. The van der Waals surface area contributed by atoms with Crippen molar-refractivity contribution < 1.29 is 25.0 Å². The fraction of sp³-hybridized carbons (Fsp3) is 0.175. The van der Waals surface area contributed by atoms with E-state index in [1.165, 1.54) is 0 Å². The summed E-state index contributed by atoms with van der Waals surface area (Å²) in [6, 6.07) is 55.3. The number of hydrogen-bond donors (Lipinski definition) is 5. The highest BCUT2D eigenvalue weighted by Crippen LogP contribution is 2.36. The maximum Gasteiger partial charge on any atom is 0.291 e. The molecule has 5 N–H and O–H groups in total. The van der Waals surface area contributed by atoms with E-state index < -0.39 is 0 Å². The molecule has 0 unspecified atom stereocenters. The lowest BCUT2D eigenvalue weighted by atomic mass is 10.1. The molecule has 0 aliphatic carbocycles. The van der Waals surface area contributed by atoms with Gasteiger partial charge in [0.05, 0.1) is 56.8 Å². The highest BCUT2D eigenvalue weighted by atomic mass is 16.3. The van der Waals surface area contributed by atoms with Gasteiger partial charge in [-0.15, -0.1) is 0 Å². The molecule has 0 aliphatic heterocycles. The molecule has 0 radical (unpaired) electrons. The van der Waals surface area contributed by atoms with E-state index in [4.69, 9.17) is 15.0 Å². The van der Waals surface area contributed by atoms with Gasteiger partial charge in [-0.05, 0) is 126 Å². The summed E-state index contributed by atoms with van der Waals surface area (Å²) in [5, 5.41) is 46.5. The van der Waals surface area contributed by atoms with Crippen LogP contribution in [0.4, 0.5) is 0 Å². The zero-order chi connectivity index (χ0) is 52.9. The van der Waals surface area contributed by atoms with Crippen LogP contribution in [0.1, 0.15) is 28.7 Å². The third-order valence-electron chi connectivity index (χ3n) is 15.0. The zero-order valence-corrected chi connectivity index (χ0v) is 43.4. The van der Waals surface area contributed by atoms with Gasteiger partial charge in [-0.3, -0.25) is 9.80 Å². The van der Waals surface area contributed by atoms with Crippen molar-refractivity contribution in [2.45, 2.75) is 32.6 Å². The van der Waals surface area contributed by atoms with Crippen LogP contribution in [0.3, 0.4) is 0 Å². The first-order chi connectivity index (χ1) is 37.4. The first-order valence-electron chi connectivity index (χ1n) is 25.9. The van der Waals surface area contributed by atoms with Crippen molar-refractivity contribution in [1.82, 2.24) is 43.4 Å². The molecule has 0 fully saturated rings. The number of aromatic amines is 1. The predicted octanol–water partition coefficient (Wildman–Crippen LogP) is 11.2. The summed E-state index contributed by atoms with van der Waals surface area (Å²) in [5.74, 6) is 3.49. The molecule has 0 saturated heterocycles. The molecule has 14 heteroatoms. The van der Waals surface area contributed by atoms with Gasteiger partial charge in [0, 0.05) is 60.4 Å². The minimum Gasteiger partial charge on any atom is -0.507 e. The van der Waals surface area contributed by atoms with Crippen LogP contribution in [-0.2, 0) is 54.4 Å². The number of nitrogens with one attached hydrogen (secondary N) is 1. The second-order valence-electron chi connectivity index (χ2n) is 20.2. The molecule has 4 aromatic heterocycles. The lowest BCUT2D eigenvalue weighted by Gasteiger charge is -2.27. The molecule has 384 valence electrons. The highest BCUT2D eigenvalue weighted by molar-refractivity contribution is 5.84. The average molecular weight is 1020 g/mol. The Morgan fingerprint density at radius 1 is 0.429 bits per heavy atom. The SMILES string of the molecule is Cn1c(-c2ccc(CN(CCCN(Cc3ccc(-c4nc5ccccc5n4C)c(O)c3)Cc3ccc(-c4[nH]c5ccccc5[n+]4C)c(O)c3)Cc3ccc(-c4nc5ccccc5n4C)c(O)c3)cc2O)nc2ccccc21. The number of aromatic nitrogens is 8. The minimum absolute atomic E-state index is 0.148. The molecule has 0 amide bonds. The Morgan fingerprint density at radius 2 is 0.766 bits per heavy atom. The summed E-state index contributed by atoms with van der Waals surface area (Å²) in [5.41, 5.74) is 13.9. The minimum atomic E-state index is 0.148.